The van der Waals surface area contributed by atoms with Crippen molar-refractivity contribution in [3.8, 4) is 0 Å². The summed E-state index contributed by atoms with van der Waals surface area (Å²) in [6.45, 7) is 5.20. The summed E-state index contributed by atoms with van der Waals surface area (Å²) >= 11 is 0. The van der Waals surface area contributed by atoms with Crippen LogP contribution >= 0.6 is 0 Å². The number of nitrogens with zero attached hydrogens (tertiary/aromatic N) is 2. The van der Waals surface area contributed by atoms with Gasteiger partial charge in [-0.3, -0.25) is 4.90 Å². The fraction of sp³-hybridized carbons (Fsp3) is 1.00. The second-order valence-corrected chi connectivity index (χ2v) is 4.89. The Morgan fingerprint density at radius 3 is 2.71 bits per heavy atom. The molecular formula is C11H22N2O. The summed E-state index contributed by atoms with van der Waals surface area (Å²) in [6, 6.07) is 0.759. The Morgan fingerprint density at radius 2 is 2.07 bits per heavy atom. The molecule has 2 rings (SSSR count). The highest BCUT2D eigenvalue weighted by Crippen LogP contribution is 2.22. The van der Waals surface area contributed by atoms with Gasteiger partial charge in [0.15, 0.2) is 0 Å². The first-order valence-corrected chi connectivity index (χ1v) is 5.83. The van der Waals surface area contributed by atoms with E-state index in [1.807, 2.05) is 0 Å². The van der Waals surface area contributed by atoms with Crippen LogP contribution in [0.3, 0.4) is 0 Å². The lowest BCUT2D eigenvalue weighted by Crippen LogP contribution is -2.44. The Kier molecular flexibility index (Phi) is 3.42. The molecular weight excluding hydrogens is 176 g/mol. The van der Waals surface area contributed by atoms with Gasteiger partial charge in [0.05, 0.1) is 0 Å². The highest BCUT2D eigenvalue weighted by atomic mass is 16.3. The van der Waals surface area contributed by atoms with E-state index in [1.165, 1.54) is 38.9 Å². The molecule has 1 N–H and O–H groups in total. The first kappa shape index (κ1) is 10.4. The zero-order chi connectivity index (χ0) is 9.97. The maximum atomic E-state index is 9.17. The number of hydrogen-bond acceptors (Lipinski definition) is 3. The minimum absolute atomic E-state index is 0.374. The Balaban J connectivity index is 1.84. The normalized spacial score (nSPS) is 36.4. The third kappa shape index (κ3) is 2.27. The van der Waals surface area contributed by atoms with E-state index in [2.05, 4.69) is 16.8 Å². The lowest BCUT2D eigenvalue weighted by molar-refractivity contribution is 0.0907. The molecule has 2 aliphatic rings. The van der Waals surface area contributed by atoms with E-state index >= 15 is 0 Å². The zero-order valence-corrected chi connectivity index (χ0v) is 9.15. The third-order valence-corrected chi connectivity index (χ3v) is 3.69. The van der Waals surface area contributed by atoms with Crippen molar-refractivity contribution in [3.63, 3.8) is 0 Å². The molecule has 2 atom stereocenters. The van der Waals surface area contributed by atoms with Crippen molar-refractivity contribution < 1.29 is 5.11 Å². The summed E-state index contributed by atoms with van der Waals surface area (Å²) in [5.74, 6) is 0.537. The molecule has 2 fully saturated rings. The van der Waals surface area contributed by atoms with Crippen molar-refractivity contribution in [2.75, 3.05) is 39.8 Å². The molecule has 0 bridgehead atoms. The first-order chi connectivity index (χ1) is 6.79. The Labute approximate surface area is 86.7 Å². The van der Waals surface area contributed by atoms with Gasteiger partial charge in [0.1, 0.15) is 0 Å². The molecule has 2 unspecified atom stereocenters. The average molecular weight is 198 g/mol. The Morgan fingerprint density at radius 1 is 1.21 bits per heavy atom. The zero-order valence-electron chi connectivity index (χ0n) is 9.15. The molecule has 0 saturated carbocycles. The number of rotatable bonds is 2. The largest absolute Gasteiger partial charge is 0.396 e. The molecule has 0 radical (unpaired) electrons. The van der Waals surface area contributed by atoms with Crippen molar-refractivity contribution in [2.24, 2.45) is 5.92 Å². The molecule has 2 heterocycles. The van der Waals surface area contributed by atoms with Gasteiger partial charge in [-0.25, -0.2) is 0 Å². The van der Waals surface area contributed by atoms with Crippen LogP contribution in [0.4, 0.5) is 0 Å². The van der Waals surface area contributed by atoms with E-state index in [1.54, 1.807) is 0 Å². The van der Waals surface area contributed by atoms with Gasteiger partial charge >= 0.3 is 0 Å². The van der Waals surface area contributed by atoms with Gasteiger partial charge in [0.2, 0.25) is 0 Å². The van der Waals surface area contributed by atoms with Gasteiger partial charge in [-0.15, -0.1) is 0 Å². The van der Waals surface area contributed by atoms with E-state index in [0.717, 1.165) is 12.6 Å². The molecule has 0 spiro atoms. The SMILES string of the molecule is CN1CCC(N2CCCC(CO)C2)C1. The summed E-state index contributed by atoms with van der Waals surface area (Å²) in [5.41, 5.74) is 0. The number of aliphatic hydroxyl groups excluding tert-OH is 1. The van der Waals surface area contributed by atoms with Crippen LogP contribution in [0.5, 0.6) is 0 Å². The van der Waals surface area contributed by atoms with Crippen LogP contribution in [-0.4, -0.2) is 60.8 Å². The van der Waals surface area contributed by atoms with Crippen LogP contribution < -0.4 is 0 Å². The van der Waals surface area contributed by atoms with Crippen LogP contribution in [-0.2, 0) is 0 Å². The summed E-state index contributed by atoms with van der Waals surface area (Å²) in [7, 11) is 2.20. The van der Waals surface area contributed by atoms with Crippen LogP contribution in [0.1, 0.15) is 19.3 Å². The fourth-order valence-electron chi connectivity index (χ4n) is 2.79. The summed E-state index contributed by atoms with van der Waals surface area (Å²) in [6.07, 6.45) is 3.80. The third-order valence-electron chi connectivity index (χ3n) is 3.69. The highest BCUT2D eigenvalue weighted by molar-refractivity contribution is 4.85. The molecule has 0 amide bonds. The molecule has 2 aliphatic heterocycles. The smallest absolute Gasteiger partial charge is 0.0471 e. The van der Waals surface area contributed by atoms with Crippen molar-refractivity contribution in [2.45, 2.75) is 25.3 Å². The molecule has 0 aromatic rings. The van der Waals surface area contributed by atoms with Crippen LogP contribution in [0.25, 0.3) is 0 Å². The van der Waals surface area contributed by atoms with Crippen LogP contribution in [0.15, 0.2) is 0 Å². The minimum Gasteiger partial charge on any atom is -0.396 e. The molecule has 14 heavy (non-hydrogen) atoms. The maximum absolute atomic E-state index is 9.17. The Bertz CT molecular complexity index is 186. The van der Waals surface area contributed by atoms with E-state index in [4.69, 9.17) is 5.11 Å². The topological polar surface area (TPSA) is 26.7 Å². The van der Waals surface area contributed by atoms with Gasteiger partial charge in [0, 0.05) is 25.7 Å². The summed E-state index contributed by atoms with van der Waals surface area (Å²) < 4.78 is 0. The molecule has 3 heteroatoms. The number of aliphatic hydroxyl groups is 1. The first-order valence-electron chi connectivity index (χ1n) is 5.83. The number of likely N-dealkylation sites (tertiary alicyclic amines) is 2. The molecule has 3 nitrogen and oxygen atoms in total. The molecule has 2 saturated heterocycles. The van der Waals surface area contributed by atoms with Crippen LogP contribution in [0, 0.1) is 5.92 Å². The molecule has 0 aromatic carbocycles. The van der Waals surface area contributed by atoms with Crippen LogP contribution in [0.2, 0.25) is 0 Å². The van der Waals surface area contributed by atoms with E-state index in [0.29, 0.717) is 12.5 Å². The average Bonchev–Trinajstić information content (AvgIpc) is 2.65. The van der Waals surface area contributed by atoms with E-state index in [9.17, 15) is 0 Å². The van der Waals surface area contributed by atoms with Gasteiger partial charge in [-0.05, 0) is 45.3 Å². The van der Waals surface area contributed by atoms with E-state index in [-0.39, 0.29) is 0 Å². The fourth-order valence-corrected chi connectivity index (χ4v) is 2.79. The maximum Gasteiger partial charge on any atom is 0.0471 e. The predicted octanol–water partition coefficient (Wildman–Crippen LogP) is 0.395. The predicted molar refractivity (Wildman–Crippen MR) is 57.3 cm³/mol. The van der Waals surface area contributed by atoms with Gasteiger partial charge in [-0.1, -0.05) is 0 Å². The van der Waals surface area contributed by atoms with Gasteiger partial charge in [-0.2, -0.15) is 0 Å². The Hall–Kier alpha value is -0.120. The quantitative estimate of drug-likeness (QED) is 0.695. The number of piperidine rings is 1. The molecule has 0 aromatic heterocycles. The van der Waals surface area contributed by atoms with E-state index < -0.39 is 0 Å². The lowest BCUT2D eigenvalue weighted by Gasteiger charge is -2.36. The summed E-state index contributed by atoms with van der Waals surface area (Å²) in [5, 5.41) is 9.17. The summed E-state index contributed by atoms with van der Waals surface area (Å²) in [4.78, 5) is 5.00. The number of hydrogen-bond donors (Lipinski definition) is 1. The van der Waals surface area contributed by atoms with Crippen molar-refractivity contribution in [1.29, 1.82) is 0 Å². The van der Waals surface area contributed by atoms with Gasteiger partial charge < -0.3 is 10.0 Å². The minimum atomic E-state index is 0.374. The standard InChI is InChI=1S/C11H22N2O/c1-12-6-4-11(8-12)13-5-2-3-10(7-13)9-14/h10-11,14H,2-9H2,1H3. The highest BCUT2D eigenvalue weighted by Gasteiger charge is 2.29. The molecule has 82 valence electrons. The molecule has 0 aliphatic carbocycles. The second kappa shape index (κ2) is 4.60. The van der Waals surface area contributed by atoms with Crippen molar-refractivity contribution >= 4 is 0 Å². The lowest BCUT2D eigenvalue weighted by atomic mass is 9.97. The van der Waals surface area contributed by atoms with Crippen molar-refractivity contribution in [3.05, 3.63) is 0 Å². The monoisotopic (exact) mass is 198 g/mol. The number of likely N-dealkylation sites (N-methyl/N-ethyl adjacent to an activating group) is 1. The van der Waals surface area contributed by atoms with Gasteiger partial charge in [0.25, 0.3) is 0 Å². The van der Waals surface area contributed by atoms with Crippen molar-refractivity contribution in [1.82, 2.24) is 9.80 Å². The second-order valence-electron chi connectivity index (χ2n) is 4.89.